The second kappa shape index (κ2) is 7.03. The molecule has 0 radical (unpaired) electrons. The predicted octanol–water partition coefficient (Wildman–Crippen LogP) is 4.18. The number of halogens is 1. The first-order valence-electron chi connectivity index (χ1n) is 7.13. The number of hydrogen-bond donors (Lipinski definition) is 1. The molecule has 1 N–H and O–H groups in total. The summed E-state index contributed by atoms with van der Waals surface area (Å²) in [5.41, 5.74) is 3.33. The van der Waals surface area contributed by atoms with Gasteiger partial charge in [0, 0.05) is 22.5 Å². The molecule has 0 aliphatic heterocycles. The fraction of sp³-hybridized carbons (Fsp3) is 0.0556. The molecule has 0 saturated carbocycles. The van der Waals surface area contributed by atoms with Crippen LogP contribution in [0.3, 0.4) is 0 Å². The second-order valence-corrected chi connectivity index (χ2v) is 5.42. The molecule has 2 aromatic rings. The zero-order valence-electron chi connectivity index (χ0n) is 12.2. The van der Waals surface area contributed by atoms with Crippen molar-refractivity contribution in [3.63, 3.8) is 0 Å². The van der Waals surface area contributed by atoms with Gasteiger partial charge in [-0.15, -0.1) is 0 Å². The maximum Gasteiger partial charge on any atom is 0.227 e. The molecule has 0 spiro atoms. The Kier molecular flexibility index (Phi) is 4.64. The third-order valence-corrected chi connectivity index (χ3v) is 3.58. The van der Waals surface area contributed by atoms with Crippen LogP contribution >= 0.6 is 11.6 Å². The highest BCUT2D eigenvalue weighted by molar-refractivity contribution is 6.30. The molecule has 1 aromatic heterocycles. The van der Waals surface area contributed by atoms with Crippen LogP contribution in [0.1, 0.15) is 6.42 Å². The number of anilines is 1. The standard InChI is InChI=1S/C18H14ClN3O/c19-15-7-5-14(6-8-15)17-10-11-20-18(22-17)21-16-3-1-2-13(12-23)4-9-16/h1,3-12H,2H2,(H,20,21,22). The molecule has 23 heavy (non-hydrogen) atoms. The smallest absolute Gasteiger partial charge is 0.227 e. The summed E-state index contributed by atoms with van der Waals surface area (Å²) in [7, 11) is 0. The average molecular weight is 324 g/mol. The molecule has 5 heteroatoms. The van der Waals surface area contributed by atoms with E-state index in [4.69, 9.17) is 11.6 Å². The summed E-state index contributed by atoms with van der Waals surface area (Å²) in [5, 5.41) is 3.84. The molecule has 0 fully saturated rings. The van der Waals surface area contributed by atoms with E-state index in [1.165, 1.54) is 0 Å². The Morgan fingerprint density at radius 2 is 1.96 bits per heavy atom. The van der Waals surface area contributed by atoms with Crippen molar-refractivity contribution < 1.29 is 4.79 Å². The van der Waals surface area contributed by atoms with E-state index in [0.29, 0.717) is 17.4 Å². The van der Waals surface area contributed by atoms with Crippen LogP contribution in [-0.4, -0.2) is 16.3 Å². The lowest BCUT2D eigenvalue weighted by Gasteiger charge is -2.07. The summed E-state index contributed by atoms with van der Waals surface area (Å²) in [4.78, 5) is 19.6. The highest BCUT2D eigenvalue weighted by atomic mass is 35.5. The van der Waals surface area contributed by atoms with Gasteiger partial charge in [-0.05, 0) is 42.3 Å². The van der Waals surface area contributed by atoms with Crippen molar-refractivity contribution in [1.29, 1.82) is 0 Å². The van der Waals surface area contributed by atoms with Gasteiger partial charge in [-0.3, -0.25) is 4.79 Å². The first-order chi connectivity index (χ1) is 11.2. The molecule has 0 atom stereocenters. The Morgan fingerprint density at radius 3 is 2.74 bits per heavy atom. The quantitative estimate of drug-likeness (QED) is 0.858. The molecular weight excluding hydrogens is 310 g/mol. The van der Waals surface area contributed by atoms with E-state index < -0.39 is 0 Å². The van der Waals surface area contributed by atoms with Crippen molar-refractivity contribution in [3.8, 4) is 11.3 Å². The summed E-state index contributed by atoms with van der Waals surface area (Å²) in [5.74, 6) is 0.497. The van der Waals surface area contributed by atoms with E-state index in [0.717, 1.165) is 28.8 Å². The van der Waals surface area contributed by atoms with Crippen LogP contribution in [0, 0.1) is 0 Å². The monoisotopic (exact) mass is 323 g/mol. The molecule has 1 aliphatic rings. The molecular formula is C18H14ClN3O. The third-order valence-electron chi connectivity index (χ3n) is 3.33. The summed E-state index contributed by atoms with van der Waals surface area (Å²) in [6.07, 6.45) is 10.6. The Hall–Kier alpha value is -2.72. The van der Waals surface area contributed by atoms with Gasteiger partial charge >= 0.3 is 0 Å². The number of rotatable bonds is 4. The van der Waals surface area contributed by atoms with Crippen LogP contribution in [-0.2, 0) is 4.79 Å². The van der Waals surface area contributed by atoms with Gasteiger partial charge in [-0.1, -0.05) is 35.9 Å². The average Bonchev–Trinajstić information content (AvgIpc) is 2.81. The van der Waals surface area contributed by atoms with E-state index in [-0.39, 0.29) is 0 Å². The topological polar surface area (TPSA) is 54.9 Å². The van der Waals surface area contributed by atoms with Gasteiger partial charge in [0.1, 0.15) is 6.29 Å². The largest absolute Gasteiger partial charge is 0.324 e. The lowest BCUT2D eigenvalue weighted by atomic mass is 10.1. The van der Waals surface area contributed by atoms with Gasteiger partial charge in [-0.2, -0.15) is 0 Å². The lowest BCUT2D eigenvalue weighted by molar-refractivity contribution is -0.104. The van der Waals surface area contributed by atoms with Gasteiger partial charge in [0.25, 0.3) is 0 Å². The predicted molar refractivity (Wildman–Crippen MR) is 92.1 cm³/mol. The minimum Gasteiger partial charge on any atom is -0.324 e. The molecule has 1 aliphatic carbocycles. The Bertz CT molecular complexity index is 807. The summed E-state index contributed by atoms with van der Waals surface area (Å²) in [6.45, 7) is 0. The molecule has 1 aromatic carbocycles. The maximum absolute atomic E-state index is 10.8. The maximum atomic E-state index is 10.8. The lowest BCUT2D eigenvalue weighted by Crippen LogP contribution is -2.02. The van der Waals surface area contributed by atoms with E-state index in [1.54, 1.807) is 12.3 Å². The van der Waals surface area contributed by atoms with Gasteiger partial charge in [0.05, 0.1) is 5.69 Å². The molecule has 4 nitrogen and oxygen atoms in total. The summed E-state index contributed by atoms with van der Waals surface area (Å²) >= 11 is 5.91. The van der Waals surface area contributed by atoms with E-state index in [1.807, 2.05) is 48.6 Å². The van der Waals surface area contributed by atoms with Crippen molar-refractivity contribution in [3.05, 3.63) is 77.1 Å². The van der Waals surface area contributed by atoms with E-state index >= 15 is 0 Å². The molecule has 1 heterocycles. The fourth-order valence-corrected chi connectivity index (χ4v) is 2.27. The summed E-state index contributed by atoms with van der Waals surface area (Å²) in [6, 6.07) is 9.33. The van der Waals surface area contributed by atoms with E-state index in [9.17, 15) is 4.79 Å². The number of aldehydes is 1. The number of aromatic nitrogens is 2. The van der Waals surface area contributed by atoms with Crippen molar-refractivity contribution >= 4 is 23.8 Å². The molecule has 0 unspecified atom stereocenters. The number of carbonyl (C=O) groups excluding carboxylic acids is 1. The molecule has 0 amide bonds. The zero-order valence-corrected chi connectivity index (χ0v) is 13.0. The van der Waals surface area contributed by atoms with Crippen LogP contribution in [0.15, 0.2) is 72.1 Å². The molecule has 3 rings (SSSR count). The van der Waals surface area contributed by atoms with Crippen LogP contribution in [0.5, 0.6) is 0 Å². The van der Waals surface area contributed by atoms with Crippen LogP contribution in [0.25, 0.3) is 11.3 Å². The van der Waals surface area contributed by atoms with Crippen molar-refractivity contribution in [2.24, 2.45) is 0 Å². The van der Waals surface area contributed by atoms with Gasteiger partial charge in [0.2, 0.25) is 5.95 Å². The van der Waals surface area contributed by atoms with Crippen molar-refractivity contribution in [2.75, 3.05) is 5.32 Å². The molecule has 114 valence electrons. The fourth-order valence-electron chi connectivity index (χ4n) is 2.14. The minimum absolute atomic E-state index is 0.497. The van der Waals surface area contributed by atoms with Crippen molar-refractivity contribution in [2.45, 2.75) is 6.42 Å². The first-order valence-corrected chi connectivity index (χ1v) is 7.51. The molecule has 0 saturated heterocycles. The van der Waals surface area contributed by atoms with Crippen molar-refractivity contribution in [1.82, 2.24) is 9.97 Å². The highest BCUT2D eigenvalue weighted by Gasteiger charge is 2.04. The normalized spacial score (nSPS) is 13.8. The van der Waals surface area contributed by atoms with E-state index in [2.05, 4.69) is 15.3 Å². The Morgan fingerprint density at radius 1 is 1.13 bits per heavy atom. The number of allylic oxidation sites excluding steroid dienone is 5. The van der Waals surface area contributed by atoms with Gasteiger partial charge < -0.3 is 5.32 Å². The second-order valence-electron chi connectivity index (χ2n) is 4.99. The Labute approximate surface area is 139 Å². The number of hydrogen-bond acceptors (Lipinski definition) is 4. The summed E-state index contributed by atoms with van der Waals surface area (Å²) < 4.78 is 0. The SMILES string of the molecule is O=CC1=CC=C(Nc2nccc(-c3ccc(Cl)cc3)n2)C=CC1. The first kappa shape index (κ1) is 15.2. The number of benzene rings is 1. The minimum atomic E-state index is 0.497. The number of nitrogens with one attached hydrogen (secondary N) is 1. The number of nitrogens with zero attached hydrogens (tertiary/aromatic N) is 2. The number of carbonyl (C=O) groups is 1. The highest BCUT2D eigenvalue weighted by Crippen LogP contribution is 2.20. The van der Waals surface area contributed by atoms with Crippen LogP contribution < -0.4 is 5.32 Å². The van der Waals surface area contributed by atoms with Gasteiger partial charge in [-0.25, -0.2) is 9.97 Å². The van der Waals surface area contributed by atoms with Crippen LogP contribution in [0.2, 0.25) is 5.02 Å². The Balaban J connectivity index is 1.83. The van der Waals surface area contributed by atoms with Crippen LogP contribution in [0.4, 0.5) is 5.95 Å². The van der Waals surface area contributed by atoms with Gasteiger partial charge in [0.15, 0.2) is 0 Å². The zero-order chi connectivity index (χ0) is 16.1. The molecule has 0 bridgehead atoms. The third kappa shape index (κ3) is 3.93.